The van der Waals surface area contributed by atoms with Gasteiger partial charge >= 0.3 is 0 Å². The molecule has 0 amide bonds. The zero-order valence-corrected chi connectivity index (χ0v) is 13.4. The normalized spacial score (nSPS) is 10.4. The van der Waals surface area contributed by atoms with E-state index in [-0.39, 0.29) is 0 Å². The lowest BCUT2D eigenvalue weighted by Gasteiger charge is -2.11. The predicted molar refractivity (Wildman–Crippen MR) is 82.3 cm³/mol. The zero-order chi connectivity index (χ0) is 14.5. The highest BCUT2D eigenvalue weighted by Gasteiger charge is 2.11. The monoisotopic (exact) mass is 336 g/mol. The largest absolute Gasteiger partial charge is 0.436 e. The maximum atomic E-state index is 5.87. The van der Waals surface area contributed by atoms with Crippen LogP contribution in [0.3, 0.4) is 0 Å². The van der Waals surface area contributed by atoms with Crippen molar-refractivity contribution in [1.29, 1.82) is 0 Å². The average molecular weight is 337 g/mol. The van der Waals surface area contributed by atoms with E-state index in [1.54, 1.807) is 6.20 Å². The molecule has 0 unspecified atom stereocenters. The Labute approximate surface area is 127 Å². The Hall–Kier alpha value is -1.69. The number of aryl methyl sites for hydroxylation is 2. The fourth-order valence-corrected chi connectivity index (χ4v) is 1.99. The first-order valence-electron chi connectivity index (χ1n) is 6.54. The summed E-state index contributed by atoms with van der Waals surface area (Å²) in [5, 5.41) is 3.06. The quantitative estimate of drug-likeness (QED) is 0.901. The van der Waals surface area contributed by atoms with Gasteiger partial charge in [0.1, 0.15) is 0 Å². The minimum absolute atomic E-state index is 0.483. The highest BCUT2D eigenvalue weighted by molar-refractivity contribution is 9.10. The molecule has 6 heteroatoms. The lowest BCUT2D eigenvalue weighted by molar-refractivity contribution is 0.450. The summed E-state index contributed by atoms with van der Waals surface area (Å²) in [7, 11) is 0. The van der Waals surface area contributed by atoms with Crippen molar-refractivity contribution in [3.63, 3.8) is 0 Å². The third-order valence-electron chi connectivity index (χ3n) is 2.66. The number of pyridine rings is 1. The van der Waals surface area contributed by atoms with Crippen LogP contribution >= 0.6 is 15.9 Å². The van der Waals surface area contributed by atoms with Crippen LogP contribution in [-0.2, 0) is 6.42 Å². The summed E-state index contributed by atoms with van der Waals surface area (Å²) in [6.45, 7) is 6.76. The Bertz CT molecular complexity index is 604. The summed E-state index contributed by atoms with van der Waals surface area (Å²) in [6.07, 6.45) is 2.48. The number of rotatable bonds is 5. The molecule has 0 fully saturated rings. The van der Waals surface area contributed by atoms with Crippen molar-refractivity contribution in [3.8, 4) is 11.6 Å². The Balaban J connectivity index is 2.31. The molecule has 0 saturated carbocycles. The number of nitrogens with zero attached hydrogens (tertiary/aromatic N) is 3. The molecular weight excluding hydrogens is 320 g/mol. The molecule has 0 aliphatic carbocycles. The van der Waals surface area contributed by atoms with Crippen molar-refractivity contribution in [2.75, 3.05) is 11.9 Å². The van der Waals surface area contributed by atoms with E-state index in [9.17, 15) is 0 Å². The summed E-state index contributed by atoms with van der Waals surface area (Å²) in [5.74, 6) is 1.75. The topological polar surface area (TPSA) is 59.9 Å². The van der Waals surface area contributed by atoms with E-state index in [1.165, 1.54) is 0 Å². The third kappa shape index (κ3) is 3.45. The standard InChI is InChI=1S/C14H17BrN4O/c1-4-11-12(7-6-9(3)18-11)20-13-10(15)8-17-14(19-13)16-5-2/h6-8H,4-5H2,1-3H3,(H,16,17,19). The lowest BCUT2D eigenvalue weighted by atomic mass is 10.2. The summed E-state index contributed by atoms with van der Waals surface area (Å²) < 4.78 is 6.58. The highest BCUT2D eigenvalue weighted by atomic mass is 79.9. The van der Waals surface area contributed by atoms with Crippen LogP contribution in [0.2, 0.25) is 0 Å². The van der Waals surface area contributed by atoms with Gasteiger partial charge in [0.05, 0.1) is 16.4 Å². The molecule has 0 aromatic carbocycles. The van der Waals surface area contributed by atoms with Gasteiger partial charge in [0.25, 0.3) is 0 Å². The summed E-state index contributed by atoms with van der Waals surface area (Å²) in [4.78, 5) is 13.0. The molecule has 0 spiro atoms. The molecule has 2 aromatic heterocycles. The summed E-state index contributed by atoms with van der Waals surface area (Å²) in [5.41, 5.74) is 1.89. The Morgan fingerprint density at radius 3 is 2.75 bits per heavy atom. The first-order valence-corrected chi connectivity index (χ1v) is 7.34. The number of anilines is 1. The fraction of sp³-hybridized carbons (Fsp3) is 0.357. The molecule has 1 N–H and O–H groups in total. The van der Waals surface area contributed by atoms with Gasteiger partial charge in [-0.15, -0.1) is 0 Å². The van der Waals surface area contributed by atoms with Gasteiger partial charge in [-0.3, -0.25) is 4.98 Å². The smallest absolute Gasteiger partial charge is 0.238 e. The van der Waals surface area contributed by atoms with Crippen molar-refractivity contribution in [1.82, 2.24) is 15.0 Å². The first-order chi connectivity index (χ1) is 9.63. The van der Waals surface area contributed by atoms with Gasteiger partial charge in [0.2, 0.25) is 11.8 Å². The molecule has 106 valence electrons. The Kier molecular flexibility index (Phi) is 4.89. The van der Waals surface area contributed by atoms with Crippen LogP contribution in [0, 0.1) is 6.92 Å². The van der Waals surface area contributed by atoms with Crippen LogP contribution in [0.4, 0.5) is 5.95 Å². The molecule has 2 aromatic rings. The number of aromatic nitrogens is 3. The molecule has 0 aliphatic heterocycles. The van der Waals surface area contributed by atoms with Gasteiger partial charge in [-0.25, -0.2) is 4.98 Å². The van der Waals surface area contributed by atoms with Gasteiger partial charge in [-0.05, 0) is 48.3 Å². The van der Waals surface area contributed by atoms with E-state index in [1.807, 2.05) is 32.9 Å². The van der Waals surface area contributed by atoms with Crippen molar-refractivity contribution >= 4 is 21.9 Å². The maximum Gasteiger partial charge on any atom is 0.238 e. The summed E-state index contributed by atoms with van der Waals surface area (Å²) >= 11 is 3.40. The summed E-state index contributed by atoms with van der Waals surface area (Å²) in [6, 6.07) is 3.84. The maximum absolute atomic E-state index is 5.87. The number of hydrogen-bond acceptors (Lipinski definition) is 5. The van der Waals surface area contributed by atoms with Crippen LogP contribution in [0.15, 0.2) is 22.8 Å². The van der Waals surface area contributed by atoms with Crippen LogP contribution < -0.4 is 10.1 Å². The minimum Gasteiger partial charge on any atom is -0.436 e. The van der Waals surface area contributed by atoms with E-state index in [0.717, 1.165) is 30.1 Å². The Morgan fingerprint density at radius 2 is 2.05 bits per heavy atom. The predicted octanol–water partition coefficient (Wildman–Crippen LogP) is 3.73. The van der Waals surface area contributed by atoms with Crippen molar-refractivity contribution in [2.45, 2.75) is 27.2 Å². The third-order valence-corrected chi connectivity index (χ3v) is 3.20. The number of ether oxygens (including phenoxy) is 1. The Morgan fingerprint density at radius 1 is 1.25 bits per heavy atom. The highest BCUT2D eigenvalue weighted by Crippen LogP contribution is 2.29. The van der Waals surface area contributed by atoms with E-state index < -0.39 is 0 Å². The average Bonchev–Trinajstić information content (AvgIpc) is 2.44. The van der Waals surface area contributed by atoms with Gasteiger partial charge in [0, 0.05) is 12.2 Å². The SMILES string of the molecule is CCNc1ncc(Br)c(Oc2ccc(C)nc2CC)n1. The van der Waals surface area contributed by atoms with E-state index in [0.29, 0.717) is 16.3 Å². The first kappa shape index (κ1) is 14.7. The van der Waals surface area contributed by atoms with Crippen molar-refractivity contribution in [2.24, 2.45) is 0 Å². The van der Waals surface area contributed by atoms with Gasteiger partial charge in [-0.1, -0.05) is 6.92 Å². The van der Waals surface area contributed by atoms with Crippen LogP contribution in [0.25, 0.3) is 0 Å². The number of nitrogens with one attached hydrogen (secondary N) is 1. The molecule has 5 nitrogen and oxygen atoms in total. The van der Waals surface area contributed by atoms with Crippen molar-refractivity contribution in [3.05, 3.63) is 34.2 Å². The van der Waals surface area contributed by atoms with E-state index >= 15 is 0 Å². The van der Waals surface area contributed by atoms with Crippen LogP contribution in [-0.4, -0.2) is 21.5 Å². The molecule has 0 atom stereocenters. The molecule has 0 aliphatic rings. The number of hydrogen-bond donors (Lipinski definition) is 1. The minimum atomic E-state index is 0.483. The van der Waals surface area contributed by atoms with Gasteiger partial charge in [0.15, 0.2) is 5.75 Å². The molecule has 0 bridgehead atoms. The fourth-order valence-electron chi connectivity index (χ4n) is 1.71. The second-order valence-electron chi connectivity index (χ2n) is 4.23. The van der Waals surface area contributed by atoms with E-state index in [4.69, 9.17) is 4.74 Å². The molecule has 2 heterocycles. The number of halogens is 1. The molecule has 0 radical (unpaired) electrons. The molecule has 2 rings (SSSR count). The van der Waals surface area contributed by atoms with E-state index in [2.05, 4.69) is 36.2 Å². The van der Waals surface area contributed by atoms with Gasteiger partial charge < -0.3 is 10.1 Å². The second kappa shape index (κ2) is 6.65. The molecule has 0 saturated heterocycles. The van der Waals surface area contributed by atoms with Gasteiger partial charge in [-0.2, -0.15) is 4.98 Å². The molecular formula is C14H17BrN4O. The van der Waals surface area contributed by atoms with Crippen LogP contribution in [0.5, 0.6) is 11.6 Å². The second-order valence-corrected chi connectivity index (χ2v) is 5.08. The van der Waals surface area contributed by atoms with Crippen molar-refractivity contribution < 1.29 is 4.74 Å². The molecule has 20 heavy (non-hydrogen) atoms. The zero-order valence-electron chi connectivity index (χ0n) is 11.8. The lowest BCUT2D eigenvalue weighted by Crippen LogP contribution is -2.04. The van der Waals surface area contributed by atoms with Crippen LogP contribution in [0.1, 0.15) is 25.2 Å².